The minimum absolute atomic E-state index is 0.809. The third-order valence-electron chi connectivity index (χ3n) is 2.18. The molecule has 1 aromatic rings. The molecule has 0 radical (unpaired) electrons. The zero-order chi connectivity index (χ0) is 8.39. The van der Waals surface area contributed by atoms with Crippen LogP contribution >= 0.6 is 0 Å². The molecule has 0 aliphatic heterocycles. The first-order chi connectivity index (χ1) is 5.92. The fourth-order valence-electron chi connectivity index (χ4n) is 1.58. The fraction of sp³-hybridized carbons (Fsp3) is 0.182. The van der Waals surface area contributed by atoms with Crippen LogP contribution in [0.5, 0.6) is 0 Å². The molecule has 0 heterocycles. The van der Waals surface area contributed by atoms with Gasteiger partial charge in [-0.1, -0.05) is 30.4 Å². The summed E-state index contributed by atoms with van der Waals surface area (Å²) >= 11 is 0. The van der Waals surface area contributed by atoms with Crippen LogP contribution in [0.3, 0.4) is 0 Å². The maximum atomic E-state index is 10.6. The molecule has 60 valence electrons. The van der Waals surface area contributed by atoms with E-state index in [2.05, 4.69) is 18.2 Å². The third-order valence-corrected chi connectivity index (χ3v) is 2.18. The van der Waals surface area contributed by atoms with Crippen molar-refractivity contribution in [2.24, 2.45) is 0 Å². The van der Waals surface area contributed by atoms with E-state index in [-0.39, 0.29) is 0 Å². The molecule has 0 atom stereocenters. The van der Waals surface area contributed by atoms with E-state index in [0.29, 0.717) is 0 Å². The van der Waals surface area contributed by atoms with Crippen LogP contribution in [0.2, 0.25) is 0 Å². The second-order valence-corrected chi connectivity index (χ2v) is 2.95. The zero-order valence-corrected chi connectivity index (χ0v) is 6.79. The summed E-state index contributed by atoms with van der Waals surface area (Å²) < 4.78 is 0. The highest BCUT2D eigenvalue weighted by atomic mass is 16.1. The number of fused-ring (bicyclic) bond motifs is 1. The Morgan fingerprint density at radius 2 is 2.00 bits per heavy atom. The topological polar surface area (TPSA) is 17.1 Å². The molecule has 0 spiro atoms. The van der Waals surface area contributed by atoms with Crippen LogP contribution in [-0.2, 0) is 0 Å². The van der Waals surface area contributed by atoms with Crippen LogP contribution in [0.1, 0.15) is 23.2 Å². The van der Waals surface area contributed by atoms with Gasteiger partial charge < -0.3 is 0 Å². The Hall–Kier alpha value is -1.37. The largest absolute Gasteiger partial charge is 0.298 e. The fourth-order valence-corrected chi connectivity index (χ4v) is 1.58. The smallest absolute Gasteiger partial charge is 0.150 e. The van der Waals surface area contributed by atoms with Crippen LogP contribution < -0.4 is 10.4 Å². The van der Waals surface area contributed by atoms with Crippen molar-refractivity contribution in [2.45, 2.75) is 12.8 Å². The first-order valence-corrected chi connectivity index (χ1v) is 4.16. The van der Waals surface area contributed by atoms with E-state index in [1.54, 1.807) is 0 Å². The van der Waals surface area contributed by atoms with Crippen molar-refractivity contribution >= 4 is 18.4 Å². The first kappa shape index (κ1) is 7.29. The van der Waals surface area contributed by atoms with E-state index >= 15 is 0 Å². The number of hydrogen-bond acceptors (Lipinski definition) is 1. The zero-order valence-electron chi connectivity index (χ0n) is 6.79. The van der Waals surface area contributed by atoms with Gasteiger partial charge in [0.05, 0.1) is 0 Å². The highest BCUT2D eigenvalue weighted by molar-refractivity contribution is 5.76. The molecule has 0 unspecified atom stereocenters. The lowest BCUT2D eigenvalue weighted by Gasteiger charge is -2.00. The average molecular weight is 158 g/mol. The summed E-state index contributed by atoms with van der Waals surface area (Å²) in [7, 11) is 0. The molecule has 2 rings (SSSR count). The molecular weight excluding hydrogens is 148 g/mol. The molecule has 1 aliphatic carbocycles. The number of carbonyl (C=O) groups is 1. The molecule has 1 aromatic carbocycles. The van der Waals surface area contributed by atoms with Gasteiger partial charge in [-0.2, -0.15) is 0 Å². The minimum atomic E-state index is 0.809. The lowest BCUT2D eigenvalue weighted by molar-refractivity contribution is 0.112. The van der Waals surface area contributed by atoms with Crippen molar-refractivity contribution in [1.29, 1.82) is 0 Å². The summed E-state index contributed by atoms with van der Waals surface area (Å²) in [6.45, 7) is 0. The van der Waals surface area contributed by atoms with Crippen molar-refractivity contribution in [3.05, 3.63) is 34.2 Å². The lowest BCUT2D eigenvalue weighted by atomic mass is 10.0. The predicted octanol–water partition coefficient (Wildman–Crippen LogP) is 0.854. The Morgan fingerprint density at radius 3 is 2.83 bits per heavy atom. The Balaban J connectivity index is 2.85. The van der Waals surface area contributed by atoms with E-state index < -0.39 is 0 Å². The van der Waals surface area contributed by atoms with Crippen LogP contribution in [0.15, 0.2) is 18.2 Å². The van der Waals surface area contributed by atoms with Crippen molar-refractivity contribution in [3.63, 3.8) is 0 Å². The van der Waals surface area contributed by atoms with Gasteiger partial charge >= 0.3 is 0 Å². The minimum Gasteiger partial charge on any atom is -0.298 e. The van der Waals surface area contributed by atoms with Crippen molar-refractivity contribution in [1.82, 2.24) is 0 Å². The molecule has 0 N–H and O–H groups in total. The summed E-state index contributed by atoms with van der Waals surface area (Å²) in [4.78, 5) is 10.6. The SMILES string of the molecule is O=Cc1cccc2c1=CCCC=2. The van der Waals surface area contributed by atoms with Gasteiger partial charge in [-0.25, -0.2) is 0 Å². The first-order valence-electron chi connectivity index (χ1n) is 4.16. The molecule has 0 aromatic heterocycles. The summed E-state index contributed by atoms with van der Waals surface area (Å²) in [5.74, 6) is 0. The van der Waals surface area contributed by atoms with E-state index in [9.17, 15) is 4.79 Å². The Labute approximate surface area is 71.0 Å². The average Bonchev–Trinajstić information content (AvgIpc) is 2.17. The molecule has 0 fully saturated rings. The van der Waals surface area contributed by atoms with E-state index in [0.717, 1.165) is 29.9 Å². The maximum absolute atomic E-state index is 10.6. The second kappa shape index (κ2) is 2.94. The van der Waals surface area contributed by atoms with Crippen LogP contribution in [0.25, 0.3) is 12.2 Å². The predicted molar refractivity (Wildman–Crippen MR) is 49.2 cm³/mol. The van der Waals surface area contributed by atoms with Crippen molar-refractivity contribution in [3.8, 4) is 0 Å². The normalized spacial score (nSPS) is 14.0. The van der Waals surface area contributed by atoms with Gasteiger partial charge in [-0.05, 0) is 23.3 Å². The van der Waals surface area contributed by atoms with Gasteiger partial charge in [0.2, 0.25) is 0 Å². The molecule has 0 bridgehead atoms. The number of carbonyl (C=O) groups excluding carboxylic acids is 1. The van der Waals surface area contributed by atoms with Gasteiger partial charge in [0, 0.05) is 5.56 Å². The van der Waals surface area contributed by atoms with E-state index in [1.165, 1.54) is 5.22 Å². The lowest BCUT2D eigenvalue weighted by Crippen LogP contribution is -2.29. The Morgan fingerprint density at radius 1 is 1.17 bits per heavy atom. The highest BCUT2D eigenvalue weighted by Crippen LogP contribution is 1.96. The van der Waals surface area contributed by atoms with Gasteiger partial charge in [-0.15, -0.1) is 0 Å². The second-order valence-electron chi connectivity index (χ2n) is 2.95. The number of aldehydes is 1. The number of hydrogen-bond donors (Lipinski definition) is 0. The van der Waals surface area contributed by atoms with E-state index in [4.69, 9.17) is 0 Å². The number of benzene rings is 1. The third kappa shape index (κ3) is 1.07. The summed E-state index contributed by atoms with van der Waals surface area (Å²) in [5.41, 5.74) is 0.809. The molecule has 12 heavy (non-hydrogen) atoms. The molecule has 1 heteroatoms. The van der Waals surface area contributed by atoms with Crippen LogP contribution in [-0.4, -0.2) is 6.29 Å². The highest BCUT2D eigenvalue weighted by Gasteiger charge is 1.97. The van der Waals surface area contributed by atoms with Gasteiger partial charge in [0.15, 0.2) is 6.29 Å². The summed E-state index contributed by atoms with van der Waals surface area (Å²) in [6.07, 6.45) is 7.39. The van der Waals surface area contributed by atoms with Gasteiger partial charge in [-0.3, -0.25) is 4.79 Å². The van der Waals surface area contributed by atoms with Gasteiger partial charge in [0.25, 0.3) is 0 Å². The van der Waals surface area contributed by atoms with Crippen LogP contribution in [0.4, 0.5) is 0 Å². The quantitative estimate of drug-likeness (QED) is 0.554. The number of rotatable bonds is 1. The van der Waals surface area contributed by atoms with Crippen molar-refractivity contribution < 1.29 is 4.79 Å². The molecule has 1 aliphatic rings. The van der Waals surface area contributed by atoms with Crippen LogP contribution in [0, 0.1) is 0 Å². The monoisotopic (exact) mass is 158 g/mol. The molecular formula is C11H10O. The molecule has 0 saturated heterocycles. The molecule has 0 amide bonds. The molecule has 0 saturated carbocycles. The van der Waals surface area contributed by atoms with Gasteiger partial charge in [0.1, 0.15) is 0 Å². The molecule has 1 nitrogen and oxygen atoms in total. The maximum Gasteiger partial charge on any atom is 0.150 e. The standard InChI is InChI=1S/C11H10O/c12-8-10-6-3-5-9-4-1-2-7-11(9)10/h3-8H,1-2H2. The summed E-state index contributed by atoms with van der Waals surface area (Å²) in [5, 5.41) is 2.31. The summed E-state index contributed by atoms with van der Waals surface area (Å²) in [6, 6.07) is 5.84. The Kier molecular flexibility index (Phi) is 1.78. The Bertz CT molecular complexity index is 415. The van der Waals surface area contributed by atoms with Crippen molar-refractivity contribution in [2.75, 3.05) is 0 Å². The van der Waals surface area contributed by atoms with E-state index in [1.807, 2.05) is 12.1 Å².